The maximum Gasteiger partial charge on any atom is 0.327 e. The van der Waals surface area contributed by atoms with Gasteiger partial charge < -0.3 is 10.1 Å². The number of nitrogens with one attached hydrogen (secondary N) is 1. The Morgan fingerprint density at radius 3 is 2.47 bits per heavy atom. The fourth-order valence-electron chi connectivity index (χ4n) is 1.48. The van der Waals surface area contributed by atoms with E-state index in [-0.39, 0.29) is 12.0 Å². The summed E-state index contributed by atoms with van der Waals surface area (Å²) in [6.45, 7) is 4.08. The van der Waals surface area contributed by atoms with Crippen molar-refractivity contribution in [2.45, 2.75) is 19.9 Å². The summed E-state index contributed by atoms with van der Waals surface area (Å²) in [6.07, 6.45) is 0. The third-order valence-corrected chi connectivity index (χ3v) is 2.59. The normalized spacial score (nSPS) is 12.3. The number of rotatable bonds is 3. The molecule has 0 heterocycles. The number of hydrogen-bond acceptors (Lipinski definition) is 3. The minimum atomic E-state index is -0.380. The van der Waals surface area contributed by atoms with Gasteiger partial charge in [0.2, 0.25) is 0 Å². The van der Waals surface area contributed by atoms with Crippen molar-refractivity contribution in [1.82, 2.24) is 5.32 Å². The molecule has 0 radical (unpaired) electrons. The molecule has 1 aromatic rings. The molecule has 3 heteroatoms. The Labute approximate surface area is 90.4 Å². The van der Waals surface area contributed by atoms with Gasteiger partial charge in [0, 0.05) is 0 Å². The van der Waals surface area contributed by atoms with E-state index in [4.69, 9.17) is 4.74 Å². The van der Waals surface area contributed by atoms with Crippen molar-refractivity contribution in [2.24, 2.45) is 0 Å². The van der Waals surface area contributed by atoms with Crippen LogP contribution >= 0.6 is 0 Å². The van der Waals surface area contributed by atoms with Crippen molar-refractivity contribution in [3.8, 4) is 0 Å². The minimum absolute atomic E-state index is 0.263. The first-order valence-corrected chi connectivity index (χ1v) is 4.92. The lowest BCUT2D eigenvalue weighted by molar-refractivity contribution is -0.143. The first-order valence-electron chi connectivity index (χ1n) is 4.92. The molecule has 15 heavy (non-hydrogen) atoms. The van der Waals surface area contributed by atoms with E-state index in [1.54, 1.807) is 7.05 Å². The van der Waals surface area contributed by atoms with E-state index in [1.807, 2.05) is 32.0 Å². The minimum Gasteiger partial charge on any atom is -0.468 e. The Kier molecular flexibility index (Phi) is 3.86. The highest BCUT2D eigenvalue weighted by Crippen LogP contribution is 2.17. The van der Waals surface area contributed by atoms with E-state index in [9.17, 15) is 4.79 Å². The fraction of sp³-hybridized carbons (Fsp3) is 0.417. The summed E-state index contributed by atoms with van der Waals surface area (Å²) >= 11 is 0. The molecule has 0 saturated heterocycles. The maximum atomic E-state index is 11.5. The molecule has 0 saturated carbocycles. The van der Waals surface area contributed by atoms with E-state index in [2.05, 4.69) is 5.32 Å². The standard InChI is InChI=1S/C12H17NO2/c1-8-5-6-10(7-9(8)2)11(13-3)12(14)15-4/h5-7,11,13H,1-4H3. The quantitative estimate of drug-likeness (QED) is 0.767. The zero-order valence-corrected chi connectivity index (χ0v) is 9.63. The lowest BCUT2D eigenvalue weighted by Crippen LogP contribution is -2.26. The predicted molar refractivity (Wildman–Crippen MR) is 59.7 cm³/mol. The lowest BCUT2D eigenvalue weighted by atomic mass is 10.0. The van der Waals surface area contributed by atoms with Gasteiger partial charge in [0.15, 0.2) is 0 Å². The molecule has 0 fully saturated rings. The highest BCUT2D eigenvalue weighted by Gasteiger charge is 2.19. The molecule has 82 valence electrons. The number of carbonyl (C=O) groups is 1. The predicted octanol–water partition coefficient (Wildman–Crippen LogP) is 1.74. The van der Waals surface area contributed by atoms with Crippen molar-refractivity contribution in [2.75, 3.05) is 14.2 Å². The van der Waals surface area contributed by atoms with Gasteiger partial charge in [0.25, 0.3) is 0 Å². The van der Waals surface area contributed by atoms with Crippen molar-refractivity contribution in [3.05, 3.63) is 34.9 Å². The molecule has 0 aliphatic carbocycles. The number of ether oxygens (including phenoxy) is 1. The van der Waals surface area contributed by atoms with Crippen LogP contribution in [0.2, 0.25) is 0 Å². The van der Waals surface area contributed by atoms with Crippen molar-refractivity contribution in [1.29, 1.82) is 0 Å². The van der Waals surface area contributed by atoms with Crippen molar-refractivity contribution >= 4 is 5.97 Å². The molecular weight excluding hydrogens is 190 g/mol. The molecule has 3 nitrogen and oxygen atoms in total. The highest BCUT2D eigenvalue weighted by molar-refractivity contribution is 5.77. The lowest BCUT2D eigenvalue weighted by Gasteiger charge is -2.15. The highest BCUT2D eigenvalue weighted by atomic mass is 16.5. The number of likely N-dealkylation sites (N-methyl/N-ethyl adjacent to an activating group) is 1. The van der Waals surface area contributed by atoms with Crippen LogP contribution in [-0.4, -0.2) is 20.1 Å². The van der Waals surface area contributed by atoms with Gasteiger partial charge in [-0.15, -0.1) is 0 Å². The molecule has 1 atom stereocenters. The Morgan fingerprint density at radius 1 is 1.33 bits per heavy atom. The van der Waals surface area contributed by atoms with E-state index in [0.717, 1.165) is 5.56 Å². The van der Waals surface area contributed by atoms with Crippen molar-refractivity contribution in [3.63, 3.8) is 0 Å². The molecule has 0 aliphatic rings. The molecule has 1 rings (SSSR count). The van der Waals surface area contributed by atoms with Gasteiger partial charge in [-0.2, -0.15) is 0 Å². The first-order chi connectivity index (χ1) is 7.10. The van der Waals surface area contributed by atoms with Crippen LogP contribution in [0.25, 0.3) is 0 Å². The van der Waals surface area contributed by atoms with Crippen LogP contribution < -0.4 is 5.32 Å². The molecule has 0 aromatic heterocycles. The van der Waals surface area contributed by atoms with E-state index >= 15 is 0 Å². The second-order valence-electron chi connectivity index (χ2n) is 3.59. The monoisotopic (exact) mass is 207 g/mol. The SMILES string of the molecule is CNC(C(=O)OC)c1ccc(C)c(C)c1. The molecule has 0 spiro atoms. The van der Waals surface area contributed by atoms with Crippen LogP contribution in [0.1, 0.15) is 22.7 Å². The topological polar surface area (TPSA) is 38.3 Å². The number of hydrogen-bond donors (Lipinski definition) is 1. The van der Waals surface area contributed by atoms with Crippen LogP contribution in [0.3, 0.4) is 0 Å². The van der Waals surface area contributed by atoms with E-state index in [0.29, 0.717) is 0 Å². The Bertz CT molecular complexity index is 361. The smallest absolute Gasteiger partial charge is 0.327 e. The molecule has 1 unspecified atom stereocenters. The van der Waals surface area contributed by atoms with Gasteiger partial charge in [0.05, 0.1) is 7.11 Å². The summed E-state index contributed by atoms with van der Waals surface area (Å²) in [7, 11) is 3.14. The number of methoxy groups -OCH3 is 1. The molecule has 1 N–H and O–H groups in total. The second-order valence-corrected chi connectivity index (χ2v) is 3.59. The van der Waals surface area contributed by atoms with Crippen LogP contribution in [0.15, 0.2) is 18.2 Å². The zero-order chi connectivity index (χ0) is 11.4. The summed E-state index contributed by atoms with van der Waals surface area (Å²) in [5, 5.41) is 2.94. The number of carbonyl (C=O) groups excluding carboxylic acids is 1. The van der Waals surface area contributed by atoms with Crippen LogP contribution in [0.5, 0.6) is 0 Å². The zero-order valence-electron chi connectivity index (χ0n) is 9.63. The largest absolute Gasteiger partial charge is 0.468 e. The molecule has 0 amide bonds. The molecule has 0 bridgehead atoms. The molecule has 0 aliphatic heterocycles. The fourth-order valence-corrected chi connectivity index (χ4v) is 1.48. The van der Waals surface area contributed by atoms with Gasteiger partial charge in [0.1, 0.15) is 6.04 Å². The number of aryl methyl sites for hydroxylation is 2. The molecule has 1 aromatic carbocycles. The third kappa shape index (κ3) is 2.57. The Balaban J connectivity index is 3.02. The summed E-state index contributed by atoms with van der Waals surface area (Å²) < 4.78 is 4.73. The second kappa shape index (κ2) is 4.94. The maximum absolute atomic E-state index is 11.5. The number of esters is 1. The summed E-state index contributed by atoms with van der Waals surface area (Å²) in [5.41, 5.74) is 3.34. The first kappa shape index (κ1) is 11.7. The summed E-state index contributed by atoms with van der Waals surface area (Å²) in [6, 6.07) is 5.58. The van der Waals surface area contributed by atoms with Gasteiger partial charge in [-0.25, -0.2) is 4.79 Å². The van der Waals surface area contributed by atoms with E-state index in [1.165, 1.54) is 18.2 Å². The van der Waals surface area contributed by atoms with Crippen LogP contribution in [0, 0.1) is 13.8 Å². The summed E-state index contributed by atoms with van der Waals surface area (Å²) in [5.74, 6) is -0.263. The molecular formula is C12H17NO2. The Morgan fingerprint density at radius 2 is 2.00 bits per heavy atom. The van der Waals surface area contributed by atoms with Crippen molar-refractivity contribution < 1.29 is 9.53 Å². The van der Waals surface area contributed by atoms with Crippen LogP contribution in [-0.2, 0) is 9.53 Å². The van der Waals surface area contributed by atoms with Gasteiger partial charge in [-0.1, -0.05) is 18.2 Å². The average molecular weight is 207 g/mol. The van der Waals surface area contributed by atoms with Gasteiger partial charge in [-0.05, 0) is 37.6 Å². The van der Waals surface area contributed by atoms with E-state index < -0.39 is 0 Å². The average Bonchev–Trinajstić information content (AvgIpc) is 2.24. The number of benzene rings is 1. The third-order valence-electron chi connectivity index (χ3n) is 2.59. The van der Waals surface area contributed by atoms with Crippen LogP contribution in [0.4, 0.5) is 0 Å². The summed E-state index contributed by atoms with van der Waals surface area (Å²) in [4.78, 5) is 11.5. The van der Waals surface area contributed by atoms with Gasteiger partial charge >= 0.3 is 5.97 Å². The Hall–Kier alpha value is -1.35. The van der Waals surface area contributed by atoms with Gasteiger partial charge in [-0.3, -0.25) is 0 Å².